The molecule has 1 heterocycles. The fourth-order valence-corrected chi connectivity index (χ4v) is 14.3. The molecule has 3 rings (SSSR count). The van der Waals surface area contributed by atoms with Crippen LogP contribution in [0.5, 0.6) is 0 Å². The van der Waals surface area contributed by atoms with Gasteiger partial charge in [0.25, 0.3) is 0 Å². The van der Waals surface area contributed by atoms with Gasteiger partial charge < -0.3 is 5.53 Å². The Balaban J connectivity index is 0.0000105. The third kappa shape index (κ3) is 52.6. The number of hydrogen-bond donors (Lipinski definition) is 0. The Kier molecular flexibility index (Phi) is 65.0. The van der Waals surface area contributed by atoms with E-state index < -0.39 is 0 Å². The van der Waals surface area contributed by atoms with Crippen molar-refractivity contribution in [2.45, 2.75) is 451 Å². The van der Waals surface area contributed by atoms with Gasteiger partial charge in [0, 0.05) is 22.8 Å². The van der Waals surface area contributed by atoms with Gasteiger partial charge >= 0.3 is 26.2 Å². The van der Waals surface area contributed by atoms with E-state index in [1.807, 2.05) is 0 Å². The third-order valence-corrected chi connectivity index (χ3v) is 20.5. The van der Waals surface area contributed by atoms with Crippen LogP contribution in [0.2, 0.25) is 11.8 Å². The SMILES string of the molecule is CCCCCCCCCCCCCCCCC=Cc1cc(C=CCCCCCCCCCCCCCCCC)cc(C2=CC(CCCC)=C(c3cc(C=CCCCCCCCCCCCCCCCC)cc(C=CCCCCCCCCCCCCCCCC)c3)[N+]2=[N-])c1.[CH3][Ni][CH3]. The van der Waals surface area contributed by atoms with E-state index in [9.17, 15) is 5.53 Å². The van der Waals surface area contributed by atoms with Crippen LogP contribution in [0.15, 0.2) is 72.4 Å². The normalized spacial score (nSPS) is 12.8. The molecule has 2 aromatic carbocycles. The van der Waals surface area contributed by atoms with Crippen molar-refractivity contribution in [1.29, 1.82) is 0 Å². The van der Waals surface area contributed by atoms with Crippen LogP contribution in [0, 0.1) is 0 Å². The van der Waals surface area contributed by atoms with Gasteiger partial charge in [0.05, 0.1) is 0 Å². The van der Waals surface area contributed by atoms with E-state index in [2.05, 4.69) is 137 Å². The molecule has 1 aliphatic heterocycles. The van der Waals surface area contributed by atoms with E-state index >= 15 is 0 Å². The summed E-state index contributed by atoms with van der Waals surface area (Å²) in [5.41, 5.74) is 23.0. The van der Waals surface area contributed by atoms with Gasteiger partial charge in [0.1, 0.15) is 0 Å². The molecule has 0 aromatic heterocycles. The summed E-state index contributed by atoms with van der Waals surface area (Å²) < 4.78 is 1.57. The van der Waals surface area contributed by atoms with Crippen LogP contribution in [0.4, 0.5) is 0 Å². The van der Waals surface area contributed by atoms with Crippen LogP contribution in [-0.4, -0.2) is 4.70 Å². The summed E-state index contributed by atoms with van der Waals surface area (Å²) in [7, 11) is 0. The van der Waals surface area contributed by atoms with Gasteiger partial charge in [0.15, 0.2) is 0 Å². The first-order valence-electron chi connectivity index (χ1n) is 43.1. The molecule has 0 bridgehead atoms. The molecule has 0 spiro atoms. The Morgan fingerprint density at radius 1 is 0.268 bits per heavy atom. The second-order valence-electron chi connectivity index (χ2n) is 30.1. The molecule has 0 N–H and O–H groups in total. The van der Waals surface area contributed by atoms with Crippen LogP contribution >= 0.6 is 0 Å². The van der Waals surface area contributed by atoms with E-state index in [4.69, 9.17) is 0 Å². The van der Waals surface area contributed by atoms with Crippen molar-refractivity contribution < 1.29 is 19.1 Å². The maximum absolute atomic E-state index is 12.7. The number of unbranched alkanes of at least 4 members (excludes halogenated alkanes) is 57. The monoisotopic (exact) mass is 1380 g/mol. The molecule has 0 atom stereocenters. The molecule has 558 valence electrons. The van der Waals surface area contributed by atoms with Crippen LogP contribution in [0.25, 0.3) is 41.2 Å². The number of allylic oxidation sites excluding steroid dienone is 6. The molecule has 0 aliphatic carbocycles. The minimum atomic E-state index is 0.901. The van der Waals surface area contributed by atoms with E-state index in [1.54, 1.807) is 19.1 Å². The summed E-state index contributed by atoms with van der Waals surface area (Å²) >= 11 is 1.62. The fraction of sp³-hybridized carbons (Fsp3) is 0.745. The van der Waals surface area contributed by atoms with E-state index in [1.165, 1.54) is 387 Å². The molecule has 0 fully saturated rings. The van der Waals surface area contributed by atoms with Crippen LogP contribution in [-0.2, 0) is 14.4 Å². The van der Waals surface area contributed by atoms with Crippen LogP contribution in [0.3, 0.4) is 0 Å². The topological polar surface area (TPSA) is 25.3 Å². The predicted octanol–water partition coefficient (Wildman–Crippen LogP) is 34.4. The van der Waals surface area contributed by atoms with E-state index in [-0.39, 0.29) is 0 Å². The molecular formula is C94H162N2Ni. The zero-order valence-corrected chi connectivity index (χ0v) is 66.9. The first-order chi connectivity index (χ1) is 48.0. The van der Waals surface area contributed by atoms with Gasteiger partial charge in [-0.2, -0.15) is 0 Å². The zero-order valence-electron chi connectivity index (χ0n) is 65.9. The van der Waals surface area contributed by atoms with Crippen molar-refractivity contribution in [3.05, 3.63) is 111 Å². The Morgan fingerprint density at radius 3 is 0.680 bits per heavy atom. The van der Waals surface area contributed by atoms with Crippen molar-refractivity contribution in [3.8, 4) is 0 Å². The summed E-state index contributed by atoms with van der Waals surface area (Å²) in [6.07, 6.45) is 107. The second kappa shape index (κ2) is 70.0. The van der Waals surface area contributed by atoms with Gasteiger partial charge in [-0.05, 0) is 123 Å². The number of hydrogen-bond acceptors (Lipinski definition) is 0. The molecule has 2 aromatic rings. The summed E-state index contributed by atoms with van der Waals surface area (Å²) in [5, 5.41) is 0. The second-order valence-corrected chi connectivity index (χ2v) is 31.0. The summed E-state index contributed by atoms with van der Waals surface area (Å²) in [5.74, 6) is 4.12. The first-order valence-corrected chi connectivity index (χ1v) is 45.1. The van der Waals surface area contributed by atoms with Gasteiger partial charge in [-0.15, -0.1) is 0 Å². The molecule has 97 heavy (non-hydrogen) atoms. The van der Waals surface area contributed by atoms with Gasteiger partial charge in [-0.1, -0.05) is 424 Å². The predicted molar refractivity (Wildman–Crippen MR) is 439 cm³/mol. The van der Waals surface area contributed by atoms with E-state index in [0.717, 1.165) is 67.5 Å². The molecule has 0 radical (unpaired) electrons. The first kappa shape index (κ1) is 90.1. The van der Waals surface area contributed by atoms with E-state index in [0.29, 0.717) is 0 Å². The standard InChI is InChI=1S/C92H156N2.2CH3.Ni/c1-6-11-16-20-24-28-32-36-40-44-48-52-56-60-64-68-72-84-77-85(73-69-65-61-57-53-49-45-41-37-33-29-25-21-17-12-7-2)80-89(79-84)91-83-88(76-15-10-5)92(94(91)93)90-81-86(74-70-66-62-58-54-50-46-42-38-34-30-26-22-18-13-8-3)78-87(82-90)75-71-67-63-59-55-51-47-43-39-35-31-27-23-19-14-9-4;;;/h68-75,77-83H,6-67,76H2,1-5H3;2*1H3;. The maximum atomic E-state index is 12.7. The number of nitrogens with zero attached hydrogens (tertiary/aromatic N) is 2. The average molecular weight is 1380 g/mol. The Labute approximate surface area is 613 Å². The van der Waals surface area contributed by atoms with Crippen molar-refractivity contribution in [1.82, 2.24) is 0 Å². The van der Waals surface area contributed by atoms with Crippen molar-refractivity contribution in [2.75, 3.05) is 0 Å². The van der Waals surface area contributed by atoms with Gasteiger partial charge in [-0.25, -0.2) is 4.70 Å². The third-order valence-electron chi connectivity index (χ3n) is 20.5. The van der Waals surface area contributed by atoms with Gasteiger partial charge in [-0.3, -0.25) is 0 Å². The molecule has 0 unspecified atom stereocenters. The quantitative estimate of drug-likeness (QED) is 0.0358. The Morgan fingerprint density at radius 2 is 0.464 bits per heavy atom. The summed E-state index contributed by atoms with van der Waals surface area (Å²) in [6, 6.07) is 14.2. The molecule has 1 aliphatic rings. The van der Waals surface area contributed by atoms with Crippen molar-refractivity contribution >= 4 is 35.7 Å². The molecule has 3 heteroatoms. The Hall–Kier alpha value is -3.03. The van der Waals surface area contributed by atoms with Crippen molar-refractivity contribution in [3.63, 3.8) is 0 Å². The van der Waals surface area contributed by atoms with Crippen LogP contribution in [0.1, 0.15) is 473 Å². The van der Waals surface area contributed by atoms with Crippen LogP contribution < -0.4 is 0 Å². The van der Waals surface area contributed by atoms with Crippen molar-refractivity contribution in [2.24, 2.45) is 0 Å². The fourth-order valence-electron chi connectivity index (χ4n) is 14.3. The summed E-state index contributed by atoms with van der Waals surface area (Å²) in [4.78, 5) is 0. The molecular weight excluding hydrogens is 1220 g/mol. The molecule has 0 saturated heterocycles. The summed E-state index contributed by atoms with van der Waals surface area (Å²) in [6.45, 7) is 11.6. The molecule has 0 saturated carbocycles. The average Bonchev–Trinajstić information content (AvgIpc) is 1.65. The minimum absolute atomic E-state index is 0.901. The number of rotatable bonds is 69. The molecule has 0 amide bonds. The Bertz CT molecular complexity index is 2150. The number of benzene rings is 2. The molecule has 2 nitrogen and oxygen atoms in total. The zero-order chi connectivity index (χ0) is 69.6. The van der Waals surface area contributed by atoms with Gasteiger partial charge in [0.2, 0.25) is 11.4 Å².